The Kier molecular flexibility index (Phi) is 4.87. The molecule has 0 saturated carbocycles. The number of aliphatic hydroxyl groups excluding tert-OH is 1. The van der Waals surface area contributed by atoms with Gasteiger partial charge in [-0.25, -0.2) is 0 Å². The van der Waals surface area contributed by atoms with Crippen molar-refractivity contribution in [3.8, 4) is 0 Å². The van der Waals surface area contributed by atoms with E-state index >= 15 is 0 Å². The molecule has 0 unspecified atom stereocenters. The average molecular weight is 256 g/mol. The minimum Gasteiger partial charge on any atom is -0.392 e. The molecule has 0 bridgehead atoms. The van der Waals surface area contributed by atoms with E-state index in [2.05, 4.69) is 21.2 Å². The van der Waals surface area contributed by atoms with Crippen LogP contribution in [0.1, 0.15) is 11.1 Å². The molecule has 0 radical (unpaired) electrons. The number of nitrogens with one attached hydrogen (secondary N) is 1. The number of benzene rings is 1. The Bertz CT molecular complexity index is 323. The molecule has 0 aliphatic rings. The van der Waals surface area contributed by atoms with Crippen molar-refractivity contribution in [2.24, 2.45) is 0 Å². The van der Waals surface area contributed by atoms with E-state index in [1.54, 1.807) is 0 Å². The Morgan fingerprint density at radius 1 is 1.50 bits per heavy atom. The third kappa shape index (κ3) is 3.25. The largest absolute Gasteiger partial charge is 0.392 e. The maximum atomic E-state index is 9.05. The highest BCUT2D eigenvalue weighted by molar-refractivity contribution is 9.10. The van der Waals surface area contributed by atoms with Gasteiger partial charge < -0.3 is 10.4 Å². The minimum absolute atomic E-state index is 0.0638. The van der Waals surface area contributed by atoms with E-state index in [1.165, 1.54) is 0 Å². The zero-order chi connectivity index (χ0) is 10.4. The van der Waals surface area contributed by atoms with Gasteiger partial charge in [-0.2, -0.15) is 0 Å². The number of hydrogen-bond acceptors (Lipinski definition) is 2. The van der Waals surface area contributed by atoms with Gasteiger partial charge in [0, 0.05) is 11.0 Å². The first-order valence-electron chi connectivity index (χ1n) is 4.48. The molecule has 2 nitrogen and oxygen atoms in total. The topological polar surface area (TPSA) is 32.3 Å². The number of rotatable bonds is 4. The normalized spacial score (nSPS) is 11.1. The Hall–Kier alpha value is -0.640. The molecule has 0 heterocycles. The molecule has 14 heavy (non-hydrogen) atoms. The van der Waals surface area contributed by atoms with Crippen LogP contribution in [0.4, 0.5) is 0 Å². The van der Waals surface area contributed by atoms with E-state index in [4.69, 9.17) is 5.11 Å². The Morgan fingerprint density at radius 3 is 2.93 bits per heavy atom. The lowest BCUT2D eigenvalue weighted by Crippen LogP contribution is -2.03. The van der Waals surface area contributed by atoms with Crippen LogP contribution in [0.2, 0.25) is 0 Å². The summed E-state index contributed by atoms with van der Waals surface area (Å²) in [5.41, 5.74) is 2.02. The van der Waals surface area contributed by atoms with Gasteiger partial charge in [-0.3, -0.25) is 0 Å². The summed E-state index contributed by atoms with van der Waals surface area (Å²) in [5, 5.41) is 12.1. The molecule has 0 aliphatic carbocycles. The lowest BCUT2D eigenvalue weighted by atomic mass is 10.1. The van der Waals surface area contributed by atoms with E-state index in [0.29, 0.717) is 0 Å². The summed E-state index contributed by atoms with van der Waals surface area (Å²) in [6.07, 6.45) is 4.08. The van der Waals surface area contributed by atoms with Gasteiger partial charge in [0.1, 0.15) is 0 Å². The lowest BCUT2D eigenvalue weighted by Gasteiger charge is -2.01. The molecule has 1 rings (SSSR count). The molecule has 0 aliphatic heterocycles. The summed E-state index contributed by atoms with van der Waals surface area (Å²) in [5.74, 6) is 0. The van der Waals surface area contributed by atoms with E-state index in [-0.39, 0.29) is 6.61 Å². The van der Waals surface area contributed by atoms with Crippen molar-refractivity contribution < 1.29 is 5.11 Å². The highest BCUT2D eigenvalue weighted by atomic mass is 79.9. The van der Waals surface area contributed by atoms with Crippen LogP contribution in [-0.2, 0) is 6.61 Å². The first-order valence-corrected chi connectivity index (χ1v) is 5.27. The summed E-state index contributed by atoms with van der Waals surface area (Å²) < 4.78 is 0.950. The molecule has 0 saturated heterocycles. The molecule has 0 fully saturated rings. The van der Waals surface area contributed by atoms with Gasteiger partial charge in [0.25, 0.3) is 0 Å². The van der Waals surface area contributed by atoms with E-state index < -0.39 is 0 Å². The van der Waals surface area contributed by atoms with Gasteiger partial charge in [0.2, 0.25) is 0 Å². The second-order valence-electron chi connectivity index (χ2n) is 2.97. The predicted molar refractivity (Wildman–Crippen MR) is 63.0 cm³/mol. The molecule has 2 N–H and O–H groups in total. The fourth-order valence-corrected chi connectivity index (χ4v) is 1.50. The number of halogens is 1. The third-order valence-corrected chi connectivity index (χ3v) is 2.65. The fourth-order valence-electron chi connectivity index (χ4n) is 1.13. The number of likely N-dealkylation sites (N-methyl/N-ethyl adjacent to an activating group) is 1. The smallest absolute Gasteiger partial charge is 0.0693 e. The van der Waals surface area contributed by atoms with Gasteiger partial charge >= 0.3 is 0 Å². The Morgan fingerprint density at radius 2 is 2.29 bits per heavy atom. The fraction of sp³-hybridized carbons (Fsp3) is 0.273. The highest BCUT2D eigenvalue weighted by Gasteiger charge is 1.97. The molecule has 0 amide bonds. The quantitative estimate of drug-likeness (QED) is 0.865. The highest BCUT2D eigenvalue weighted by Crippen LogP contribution is 2.18. The summed E-state index contributed by atoms with van der Waals surface area (Å²) in [6, 6.07) is 5.93. The lowest BCUT2D eigenvalue weighted by molar-refractivity contribution is 0.281. The van der Waals surface area contributed by atoms with Gasteiger partial charge in [0.15, 0.2) is 0 Å². The Balaban J connectivity index is 2.79. The Labute approximate surface area is 92.8 Å². The van der Waals surface area contributed by atoms with Crippen LogP contribution in [0.5, 0.6) is 0 Å². The predicted octanol–water partition coefficient (Wildman–Crippen LogP) is 2.17. The zero-order valence-electron chi connectivity index (χ0n) is 8.13. The molecule has 0 spiro atoms. The van der Waals surface area contributed by atoms with Crippen LogP contribution in [0.15, 0.2) is 28.7 Å². The van der Waals surface area contributed by atoms with Crippen molar-refractivity contribution >= 4 is 22.0 Å². The van der Waals surface area contributed by atoms with Crippen molar-refractivity contribution in [3.63, 3.8) is 0 Å². The molecule has 76 valence electrons. The molecular weight excluding hydrogens is 242 g/mol. The van der Waals surface area contributed by atoms with E-state index in [9.17, 15) is 0 Å². The van der Waals surface area contributed by atoms with E-state index in [0.717, 1.165) is 22.1 Å². The summed E-state index contributed by atoms with van der Waals surface area (Å²) in [6.45, 7) is 0.915. The van der Waals surface area contributed by atoms with Gasteiger partial charge in [-0.15, -0.1) is 0 Å². The molecule has 3 heteroatoms. The van der Waals surface area contributed by atoms with Crippen LogP contribution in [-0.4, -0.2) is 18.7 Å². The SMILES string of the molecule is CNCC=Cc1ccc(Br)c(CO)c1. The molecule has 0 atom stereocenters. The monoisotopic (exact) mass is 255 g/mol. The summed E-state index contributed by atoms with van der Waals surface area (Å²) >= 11 is 3.38. The van der Waals surface area contributed by atoms with Crippen LogP contribution < -0.4 is 5.32 Å². The summed E-state index contributed by atoms with van der Waals surface area (Å²) in [4.78, 5) is 0. The van der Waals surface area contributed by atoms with Crippen molar-refractivity contribution in [3.05, 3.63) is 39.9 Å². The van der Waals surface area contributed by atoms with E-state index in [1.807, 2.05) is 37.4 Å². The third-order valence-electron chi connectivity index (χ3n) is 1.87. The van der Waals surface area contributed by atoms with Crippen molar-refractivity contribution in [1.29, 1.82) is 0 Å². The number of aliphatic hydroxyl groups is 1. The van der Waals surface area contributed by atoms with Gasteiger partial charge in [-0.05, 0) is 30.3 Å². The molecule has 1 aromatic rings. The van der Waals surface area contributed by atoms with Gasteiger partial charge in [0.05, 0.1) is 6.61 Å². The first-order chi connectivity index (χ1) is 6.77. The van der Waals surface area contributed by atoms with Crippen molar-refractivity contribution in [2.75, 3.05) is 13.6 Å². The van der Waals surface area contributed by atoms with Crippen LogP contribution in [0, 0.1) is 0 Å². The first kappa shape index (κ1) is 11.4. The van der Waals surface area contributed by atoms with Crippen LogP contribution in [0.25, 0.3) is 6.08 Å². The van der Waals surface area contributed by atoms with Crippen LogP contribution >= 0.6 is 15.9 Å². The maximum absolute atomic E-state index is 9.05. The minimum atomic E-state index is 0.0638. The number of hydrogen-bond donors (Lipinski definition) is 2. The standard InChI is InChI=1S/C11H14BrNO/c1-13-6-2-3-9-4-5-11(12)10(7-9)8-14/h2-5,7,13-14H,6,8H2,1H3. The second-order valence-corrected chi connectivity index (χ2v) is 3.82. The zero-order valence-corrected chi connectivity index (χ0v) is 9.71. The van der Waals surface area contributed by atoms with Crippen molar-refractivity contribution in [2.45, 2.75) is 6.61 Å². The molecule has 0 aromatic heterocycles. The average Bonchev–Trinajstić information content (AvgIpc) is 2.21. The maximum Gasteiger partial charge on any atom is 0.0693 e. The second kappa shape index (κ2) is 5.96. The summed E-state index contributed by atoms with van der Waals surface area (Å²) in [7, 11) is 1.91. The van der Waals surface area contributed by atoms with Gasteiger partial charge in [-0.1, -0.05) is 34.1 Å². The molecule has 1 aromatic carbocycles. The van der Waals surface area contributed by atoms with Crippen LogP contribution in [0.3, 0.4) is 0 Å². The van der Waals surface area contributed by atoms with Crippen molar-refractivity contribution in [1.82, 2.24) is 5.32 Å². The molecular formula is C11H14BrNO.